The first-order chi connectivity index (χ1) is 39.1. The van der Waals surface area contributed by atoms with E-state index in [0.717, 1.165) is 49.4 Å². The van der Waals surface area contributed by atoms with Gasteiger partial charge in [-0.1, -0.05) is 26.3 Å². The van der Waals surface area contributed by atoms with Crippen LogP contribution in [0.25, 0.3) is 0 Å². The van der Waals surface area contributed by atoms with Crippen LogP contribution < -0.4 is 30.8 Å². The molecule has 8 N–H and O–H groups in total. The number of unbranched alkanes of at least 4 members (excludes halogenated alkanes) is 6. The molecule has 0 saturated carbocycles. The van der Waals surface area contributed by atoms with E-state index in [1.807, 2.05) is 38.1 Å². The van der Waals surface area contributed by atoms with Gasteiger partial charge in [0.05, 0.1) is 54.5 Å². The molecule has 0 aromatic heterocycles. The summed E-state index contributed by atoms with van der Waals surface area (Å²) in [6, 6.07) is 7.15. The first-order valence-corrected chi connectivity index (χ1v) is 29.5. The average molecular weight is 1320 g/mol. The minimum Gasteiger partial charge on any atom is -0.744 e. The van der Waals surface area contributed by atoms with E-state index in [-0.39, 0.29) is 101 Å². The van der Waals surface area contributed by atoms with Gasteiger partial charge in [0, 0.05) is 105 Å². The number of carbonyl (C=O) groups excluding carboxylic acids is 3. The van der Waals surface area contributed by atoms with Crippen LogP contribution in [0, 0.1) is 0 Å². The van der Waals surface area contributed by atoms with Gasteiger partial charge in [-0.15, -0.1) is 0 Å². The number of allylic oxidation sites excluding steroid dienone is 3. The zero-order valence-corrected chi connectivity index (χ0v) is 51.2. The molecule has 26 nitrogen and oxygen atoms in total. The first-order valence-electron chi connectivity index (χ1n) is 27.3. The van der Waals surface area contributed by atoms with E-state index in [2.05, 4.69) is 44.8 Å². The van der Waals surface area contributed by atoms with Crippen LogP contribution in [0.2, 0.25) is 0 Å². The summed E-state index contributed by atoms with van der Waals surface area (Å²) in [5.41, 5.74) is 3.11. The van der Waals surface area contributed by atoms with Crippen molar-refractivity contribution < 1.29 is 134 Å². The molecule has 4 atom stereocenters. The van der Waals surface area contributed by atoms with Crippen LogP contribution in [0.1, 0.15) is 129 Å². The standard InChI is InChI=1S/C55H78N6O20S2.2Ni/c1-54(2)38-30-36(82-81-80-76)22-24-40(38)60(28-13-5-7-20-46(62)56-26-11-9-16-42(52(72)73)58(32-48(64)65)33-49(66)67)44(54)18-15-19-45-55(3,4)39-31-37(83(77,78)79)23-25-41(39)61(45)29-14-6-8-21-47(63)57-27-12-10-17-43(53(74)75)59(34-50(68)69)35-51(70)71;;/h15,18-19,22-25,30-31,42-43,45,76H,5-14,16-17,20-21,26-29,32-35H2,1-4H3,(H,56,62)(H,57,63)(H,64,65)(H,66,67)(H,68,69)(H,70,71)(H,72,73)(H,74,75)(H,77,78,79);;/p-2/b19-15+,44-18+;;. The minimum atomic E-state index is -4.78. The number of nitrogens with one attached hydrogen (secondary N) is 3. The van der Waals surface area contributed by atoms with Crippen molar-refractivity contribution in [2.24, 2.45) is 0 Å². The molecule has 85 heavy (non-hydrogen) atoms. The fourth-order valence-corrected chi connectivity index (χ4v) is 11.8. The summed E-state index contributed by atoms with van der Waals surface area (Å²) in [6.07, 6.45) is 11.6. The molecule has 2 aromatic carbocycles. The SMILES string of the molecule is CC1(C)/C(=C\C=C\C2[NH+](CCCCCC(=O)NCCCCC(C(=O)O)N(CC(=O)[O-])CC(=O)O)c3ccc(S(=O)(=O)[O-])cc3C2(C)C)N(CCCCCC(=O)NCCCCC(C(=O)O)N(CC(=O)O)CC(=O)O)c2ccc(SOO[O-])cc21.[Ni].[Ni]. The van der Waals surface area contributed by atoms with E-state index < -0.39 is 95.0 Å². The van der Waals surface area contributed by atoms with Gasteiger partial charge in [0.15, 0.2) is 0 Å². The number of hydrogen-bond donors (Lipinski definition) is 8. The number of carboxylic acids is 6. The number of amides is 2. The molecule has 480 valence electrons. The topological polar surface area (TPSA) is 398 Å². The number of hydrogen-bond acceptors (Lipinski definition) is 19. The van der Waals surface area contributed by atoms with Crippen molar-refractivity contribution >= 4 is 81.2 Å². The van der Waals surface area contributed by atoms with Gasteiger partial charge in [-0.25, -0.2) is 8.42 Å². The second-order valence-corrected chi connectivity index (χ2v) is 23.8. The van der Waals surface area contributed by atoms with Gasteiger partial charge in [-0.2, -0.15) is 4.33 Å². The van der Waals surface area contributed by atoms with Crippen molar-refractivity contribution in [3.63, 3.8) is 0 Å². The van der Waals surface area contributed by atoms with Gasteiger partial charge in [0.2, 0.25) is 11.8 Å². The number of carboxylic acid groups (broad SMARTS) is 6. The monoisotopic (exact) mass is 1320 g/mol. The average Bonchev–Trinajstić information content (AvgIpc) is 2.33. The Morgan fingerprint density at radius 2 is 1.25 bits per heavy atom. The van der Waals surface area contributed by atoms with Crippen molar-refractivity contribution in [1.82, 2.24) is 20.4 Å². The Hall–Kier alpha value is -5.51. The minimum absolute atomic E-state index is 0. The molecule has 2 aromatic rings. The van der Waals surface area contributed by atoms with E-state index >= 15 is 0 Å². The maximum atomic E-state index is 12.8. The molecule has 0 spiro atoms. The van der Waals surface area contributed by atoms with Crippen LogP contribution in [0.4, 0.5) is 11.4 Å². The third kappa shape index (κ3) is 23.3. The third-order valence-electron chi connectivity index (χ3n) is 14.9. The first kappa shape index (κ1) is 75.6. The summed E-state index contributed by atoms with van der Waals surface area (Å²) in [4.78, 5) is 99.2. The number of quaternary nitrogens is 1. The zero-order chi connectivity index (χ0) is 61.7. The van der Waals surface area contributed by atoms with Gasteiger partial charge in [0.1, 0.15) is 33.9 Å². The number of carbonyl (C=O) groups is 8. The Morgan fingerprint density at radius 1 is 0.718 bits per heavy atom. The Morgan fingerprint density at radius 3 is 1.74 bits per heavy atom. The predicted molar refractivity (Wildman–Crippen MR) is 293 cm³/mol. The second-order valence-electron chi connectivity index (χ2n) is 21.6. The van der Waals surface area contributed by atoms with Crippen molar-refractivity contribution in [1.29, 1.82) is 0 Å². The fraction of sp³-hybridized carbons (Fsp3) is 0.564. The van der Waals surface area contributed by atoms with Crippen LogP contribution >= 0.6 is 12.0 Å². The van der Waals surface area contributed by atoms with Crippen molar-refractivity contribution in [3.8, 4) is 0 Å². The number of benzene rings is 2. The number of rotatable bonds is 40. The number of nitrogens with zero attached hydrogens (tertiary/aromatic N) is 3. The predicted octanol–water partition coefficient (Wildman–Crippen LogP) is 1.44. The molecule has 2 aliphatic rings. The normalized spacial score (nSPS) is 16.9. The zero-order valence-electron chi connectivity index (χ0n) is 47.6. The maximum Gasteiger partial charge on any atom is 0.320 e. The van der Waals surface area contributed by atoms with E-state index in [4.69, 9.17) is 15.3 Å². The molecule has 4 unspecified atom stereocenters. The Kier molecular flexibility index (Phi) is 32.0. The molecule has 4 rings (SSSR count). The van der Waals surface area contributed by atoms with E-state index in [0.29, 0.717) is 81.3 Å². The van der Waals surface area contributed by atoms with Crippen LogP contribution in [0.3, 0.4) is 0 Å². The fourth-order valence-electron chi connectivity index (χ4n) is 10.9. The van der Waals surface area contributed by atoms with Crippen LogP contribution in [0.15, 0.2) is 70.1 Å². The van der Waals surface area contributed by atoms with E-state index in [9.17, 15) is 71.9 Å². The Bertz CT molecular complexity index is 2770. The van der Waals surface area contributed by atoms with Gasteiger partial charge in [-0.3, -0.25) is 53.3 Å². The molecular weight excluding hydrogens is 1250 g/mol. The smallest absolute Gasteiger partial charge is 0.320 e. The molecule has 2 heterocycles. The van der Waals surface area contributed by atoms with Crippen LogP contribution in [-0.2, 0) is 102 Å². The molecular formula is C55H76N6Ni2O20S2-2. The largest absolute Gasteiger partial charge is 0.744 e. The summed E-state index contributed by atoms with van der Waals surface area (Å²) in [5, 5.41) is 77.8. The third-order valence-corrected chi connectivity index (χ3v) is 16.3. The molecule has 0 fully saturated rings. The van der Waals surface area contributed by atoms with E-state index in [1.54, 1.807) is 12.1 Å². The van der Waals surface area contributed by atoms with Crippen molar-refractivity contribution in [2.75, 3.05) is 57.3 Å². The van der Waals surface area contributed by atoms with Gasteiger partial charge in [-0.05, 0) is 133 Å². The maximum absolute atomic E-state index is 12.8. The molecule has 0 saturated heterocycles. The molecule has 0 radical (unpaired) electrons. The Labute approximate surface area is 518 Å². The molecule has 0 bridgehead atoms. The quantitative estimate of drug-likeness (QED) is 0.0117. The second kappa shape index (κ2) is 36.0. The molecule has 2 aliphatic heterocycles. The summed E-state index contributed by atoms with van der Waals surface area (Å²) < 4.78 is 41.4. The summed E-state index contributed by atoms with van der Waals surface area (Å²) in [7, 11) is -4.78. The summed E-state index contributed by atoms with van der Waals surface area (Å²) in [5.74, 6) is -8.84. The van der Waals surface area contributed by atoms with Gasteiger partial charge in [0.25, 0.3) is 0 Å². The summed E-state index contributed by atoms with van der Waals surface area (Å²) in [6.45, 7) is 6.58. The molecule has 0 aliphatic carbocycles. The van der Waals surface area contributed by atoms with Crippen molar-refractivity contribution in [3.05, 3.63) is 71.5 Å². The summed E-state index contributed by atoms with van der Waals surface area (Å²) >= 11 is 0.770. The Balaban J connectivity index is 0.0000123. The number of fused-ring (bicyclic) bond motifs is 2. The van der Waals surface area contributed by atoms with E-state index in [1.165, 1.54) is 12.1 Å². The number of aliphatic carboxylic acids is 6. The molecule has 2 amide bonds. The number of anilines is 1. The van der Waals surface area contributed by atoms with Gasteiger partial charge >= 0.3 is 29.8 Å². The van der Waals surface area contributed by atoms with Crippen LogP contribution in [0.5, 0.6) is 0 Å². The van der Waals surface area contributed by atoms with Gasteiger partial charge < -0.3 is 60.8 Å². The van der Waals surface area contributed by atoms with Crippen LogP contribution in [-0.4, -0.2) is 166 Å². The molecule has 30 heteroatoms. The van der Waals surface area contributed by atoms with Crippen molar-refractivity contribution in [2.45, 2.75) is 156 Å².